The highest BCUT2D eigenvalue weighted by Gasteiger charge is 2.10. The van der Waals surface area contributed by atoms with Crippen LogP contribution in [-0.2, 0) is 13.0 Å². The number of halogens is 1. The van der Waals surface area contributed by atoms with Gasteiger partial charge in [0.1, 0.15) is 4.99 Å². The molecule has 1 N–H and O–H groups in total. The van der Waals surface area contributed by atoms with Gasteiger partial charge in [-0.15, -0.1) is 0 Å². The van der Waals surface area contributed by atoms with Crippen LogP contribution in [0.3, 0.4) is 0 Å². The molecule has 2 rings (SSSR count). The molecule has 2 aromatic rings. The zero-order valence-electron chi connectivity index (χ0n) is 12.8. The molecule has 0 heterocycles. The Morgan fingerprint density at radius 2 is 1.86 bits per heavy atom. The van der Waals surface area contributed by atoms with Crippen LogP contribution in [0.4, 0.5) is 0 Å². The molecule has 2 aromatic carbocycles. The number of aryl methyl sites for hydroxylation is 3. The van der Waals surface area contributed by atoms with E-state index in [1.807, 2.05) is 24.3 Å². The molecule has 0 amide bonds. The van der Waals surface area contributed by atoms with Crippen LogP contribution in [0.5, 0.6) is 0 Å². The molecule has 0 radical (unpaired) electrons. The lowest BCUT2D eigenvalue weighted by molar-refractivity contribution is -0.0219. The summed E-state index contributed by atoms with van der Waals surface area (Å²) in [6, 6.07) is 13.9. The molecule has 0 aliphatic carbocycles. The normalized spacial score (nSPS) is 10.5. The molecule has 116 valence electrons. The van der Waals surface area contributed by atoms with Crippen molar-refractivity contribution >= 4 is 28.8 Å². The minimum atomic E-state index is 0.311. The standard InChI is InChI=1S/C18H20ClNOS/c1-13-7-8-14(2)15(11-13)9-10-18(22)20(21)12-16-5-3-4-6-17(16)19/h3-8,11,21H,9-10,12H2,1-2H3. The molecule has 0 aliphatic rings. The first-order chi connectivity index (χ1) is 10.5. The van der Waals surface area contributed by atoms with Gasteiger partial charge >= 0.3 is 0 Å². The molecule has 22 heavy (non-hydrogen) atoms. The first-order valence-corrected chi connectivity index (χ1v) is 8.05. The third kappa shape index (κ3) is 4.54. The van der Waals surface area contributed by atoms with E-state index in [1.165, 1.54) is 16.7 Å². The first-order valence-electron chi connectivity index (χ1n) is 7.26. The number of hydrogen-bond donors (Lipinski definition) is 1. The van der Waals surface area contributed by atoms with Gasteiger partial charge in [0.05, 0.1) is 6.54 Å². The van der Waals surface area contributed by atoms with E-state index < -0.39 is 0 Å². The summed E-state index contributed by atoms with van der Waals surface area (Å²) >= 11 is 11.4. The molecule has 0 bridgehead atoms. The van der Waals surface area contributed by atoms with E-state index in [0.29, 0.717) is 23.0 Å². The van der Waals surface area contributed by atoms with E-state index in [-0.39, 0.29) is 0 Å². The van der Waals surface area contributed by atoms with Crippen molar-refractivity contribution in [3.63, 3.8) is 0 Å². The van der Waals surface area contributed by atoms with Gasteiger partial charge in [-0.25, -0.2) is 5.06 Å². The van der Waals surface area contributed by atoms with Gasteiger partial charge in [0, 0.05) is 11.4 Å². The number of nitrogens with zero attached hydrogens (tertiary/aromatic N) is 1. The molecule has 0 unspecified atom stereocenters. The summed E-state index contributed by atoms with van der Waals surface area (Å²) in [6.07, 6.45) is 1.46. The van der Waals surface area contributed by atoms with Crippen molar-refractivity contribution in [2.24, 2.45) is 0 Å². The smallest absolute Gasteiger partial charge is 0.104 e. The Balaban J connectivity index is 1.94. The fourth-order valence-corrected chi connectivity index (χ4v) is 2.68. The monoisotopic (exact) mass is 333 g/mol. The second kappa shape index (κ2) is 7.73. The van der Waals surface area contributed by atoms with Gasteiger partial charge in [0.2, 0.25) is 0 Å². The minimum absolute atomic E-state index is 0.311. The van der Waals surface area contributed by atoms with E-state index in [1.54, 1.807) is 0 Å². The highest BCUT2D eigenvalue weighted by molar-refractivity contribution is 7.80. The van der Waals surface area contributed by atoms with E-state index in [4.69, 9.17) is 23.8 Å². The average Bonchev–Trinajstić information content (AvgIpc) is 2.50. The van der Waals surface area contributed by atoms with Crippen LogP contribution in [0.15, 0.2) is 42.5 Å². The predicted octanol–water partition coefficient (Wildman–Crippen LogP) is 5.11. The second-order valence-electron chi connectivity index (χ2n) is 5.47. The van der Waals surface area contributed by atoms with Gasteiger partial charge in [-0.3, -0.25) is 5.21 Å². The van der Waals surface area contributed by atoms with Crippen LogP contribution in [0.25, 0.3) is 0 Å². The lowest BCUT2D eigenvalue weighted by Gasteiger charge is -2.19. The highest BCUT2D eigenvalue weighted by atomic mass is 35.5. The highest BCUT2D eigenvalue weighted by Crippen LogP contribution is 2.18. The topological polar surface area (TPSA) is 23.5 Å². The molecule has 0 saturated heterocycles. The van der Waals surface area contributed by atoms with Crippen LogP contribution >= 0.6 is 23.8 Å². The van der Waals surface area contributed by atoms with Crippen molar-refractivity contribution in [1.29, 1.82) is 0 Å². The quantitative estimate of drug-likeness (QED) is 0.607. The summed E-state index contributed by atoms with van der Waals surface area (Å²) in [5.41, 5.74) is 4.63. The van der Waals surface area contributed by atoms with Gasteiger partial charge in [-0.05, 0) is 43.0 Å². The maximum atomic E-state index is 10.1. The molecule has 2 nitrogen and oxygen atoms in total. The number of benzene rings is 2. The molecule has 0 aromatic heterocycles. The zero-order chi connectivity index (χ0) is 16.1. The second-order valence-corrected chi connectivity index (χ2v) is 6.35. The molecule has 0 atom stereocenters. The van der Waals surface area contributed by atoms with Gasteiger partial charge in [0.25, 0.3) is 0 Å². The van der Waals surface area contributed by atoms with Crippen LogP contribution < -0.4 is 0 Å². The lowest BCUT2D eigenvalue weighted by atomic mass is 10.0. The SMILES string of the molecule is Cc1ccc(C)c(CCC(=S)N(O)Cc2ccccc2Cl)c1. The Morgan fingerprint density at radius 1 is 1.14 bits per heavy atom. The molecule has 0 aliphatic heterocycles. The van der Waals surface area contributed by atoms with E-state index >= 15 is 0 Å². The Hall–Kier alpha value is -1.42. The number of thiocarbonyl (C=S) groups is 1. The van der Waals surface area contributed by atoms with Crippen molar-refractivity contribution in [3.05, 3.63) is 69.7 Å². The van der Waals surface area contributed by atoms with Gasteiger partial charge in [-0.1, -0.05) is 65.8 Å². The van der Waals surface area contributed by atoms with Crippen LogP contribution in [0.1, 0.15) is 28.7 Å². The van der Waals surface area contributed by atoms with Crippen LogP contribution in [0, 0.1) is 13.8 Å². The minimum Gasteiger partial charge on any atom is -0.288 e. The summed E-state index contributed by atoms with van der Waals surface area (Å²) in [5.74, 6) is 0. The summed E-state index contributed by atoms with van der Waals surface area (Å²) in [7, 11) is 0. The Bertz CT molecular complexity index is 672. The summed E-state index contributed by atoms with van der Waals surface area (Å²) in [6.45, 7) is 4.49. The molecular formula is C18H20ClNOS. The summed E-state index contributed by atoms with van der Waals surface area (Å²) < 4.78 is 0. The first kappa shape index (κ1) is 16.9. The van der Waals surface area contributed by atoms with E-state index in [2.05, 4.69) is 32.0 Å². The van der Waals surface area contributed by atoms with E-state index in [9.17, 15) is 5.21 Å². The number of rotatable bonds is 5. The van der Waals surface area contributed by atoms with Crippen molar-refractivity contribution in [2.45, 2.75) is 33.2 Å². The maximum absolute atomic E-state index is 10.1. The fourth-order valence-electron chi connectivity index (χ4n) is 2.32. The number of hydrogen-bond acceptors (Lipinski definition) is 2. The van der Waals surface area contributed by atoms with E-state index in [0.717, 1.165) is 17.0 Å². The van der Waals surface area contributed by atoms with Crippen molar-refractivity contribution in [2.75, 3.05) is 0 Å². The molecule has 0 spiro atoms. The van der Waals surface area contributed by atoms with Crippen LogP contribution in [0.2, 0.25) is 5.02 Å². The lowest BCUT2D eigenvalue weighted by Crippen LogP contribution is -2.25. The summed E-state index contributed by atoms with van der Waals surface area (Å²) in [5, 5.41) is 11.9. The van der Waals surface area contributed by atoms with Gasteiger partial charge in [0.15, 0.2) is 0 Å². The average molecular weight is 334 g/mol. The third-order valence-corrected chi connectivity index (χ3v) is 4.46. The number of hydroxylamine groups is 2. The molecular weight excluding hydrogens is 314 g/mol. The Labute approximate surface area is 142 Å². The van der Waals surface area contributed by atoms with Crippen molar-refractivity contribution < 1.29 is 5.21 Å². The van der Waals surface area contributed by atoms with Crippen molar-refractivity contribution in [1.82, 2.24) is 5.06 Å². The zero-order valence-corrected chi connectivity index (χ0v) is 14.4. The predicted molar refractivity (Wildman–Crippen MR) is 95.6 cm³/mol. The molecule has 0 fully saturated rings. The van der Waals surface area contributed by atoms with Crippen LogP contribution in [-0.4, -0.2) is 15.3 Å². The molecule has 0 saturated carbocycles. The maximum Gasteiger partial charge on any atom is 0.104 e. The summed E-state index contributed by atoms with van der Waals surface area (Å²) in [4.78, 5) is 0.529. The Kier molecular flexibility index (Phi) is 5.95. The Morgan fingerprint density at radius 3 is 2.59 bits per heavy atom. The fraction of sp³-hybridized carbons (Fsp3) is 0.278. The van der Waals surface area contributed by atoms with Gasteiger partial charge < -0.3 is 0 Å². The largest absolute Gasteiger partial charge is 0.288 e. The van der Waals surface area contributed by atoms with Crippen molar-refractivity contribution in [3.8, 4) is 0 Å². The molecule has 4 heteroatoms. The third-order valence-electron chi connectivity index (χ3n) is 3.68. The van der Waals surface area contributed by atoms with Gasteiger partial charge in [-0.2, -0.15) is 0 Å².